The molecule has 172 valence electrons. The highest BCUT2D eigenvalue weighted by molar-refractivity contribution is 7.90. The lowest BCUT2D eigenvalue weighted by molar-refractivity contribution is -0.158. The number of imidazole rings is 1. The van der Waals surface area contributed by atoms with E-state index in [4.69, 9.17) is 4.52 Å². The number of hydrogen-bond donors (Lipinski definition) is 0. The van der Waals surface area contributed by atoms with Crippen molar-refractivity contribution >= 4 is 9.84 Å². The van der Waals surface area contributed by atoms with Crippen molar-refractivity contribution in [2.75, 3.05) is 6.26 Å². The van der Waals surface area contributed by atoms with Crippen LogP contribution >= 0.6 is 0 Å². The van der Waals surface area contributed by atoms with Crippen molar-refractivity contribution in [1.82, 2.24) is 19.7 Å². The number of hydrogen-bond acceptors (Lipinski definition) is 7. The third-order valence-electron chi connectivity index (χ3n) is 4.74. The summed E-state index contributed by atoms with van der Waals surface area (Å²) in [7, 11) is -3.25. The Morgan fingerprint density at radius 3 is 2.33 bits per heavy atom. The molecule has 0 amide bonds. The Morgan fingerprint density at radius 1 is 1.06 bits per heavy atom. The summed E-state index contributed by atoms with van der Waals surface area (Å²) in [6, 6.07) is 12.6. The summed E-state index contributed by atoms with van der Waals surface area (Å²) in [5.74, 6) is 1.22. The van der Waals surface area contributed by atoms with Crippen LogP contribution in [0, 0.1) is 6.92 Å². The van der Waals surface area contributed by atoms with Gasteiger partial charge in [-0.1, -0.05) is 17.3 Å². The van der Waals surface area contributed by atoms with Crippen LogP contribution in [0.5, 0.6) is 5.75 Å². The zero-order valence-corrected chi connectivity index (χ0v) is 18.8. The smallest absolute Gasteiger partial charge is 0.394 e. The maximum absolute atomic E-state index is 13.0. The second-order valence-corrected chi connectivity index (χ2v) is 9.59. The molecule has 11 heteroatoms. The molecule has 4 rings (SSSR count). The van der Waals surface area contributed by atoms with Crippen LogP contribution < -0.4 is 4.74 Å². The highest BCUT2D eigenvalue weighted by Crippen LogP contribution is 2.26. The Morgan fingerprint density at radius 2 is 1.73 bits per heavy atom. The quantitative estimate of drug-likeness (QED) is 0.392. The fraction of sp³-hybridized carbons (Fsp3) is 0.227. The van der Waals surface area contributed by atoms with E-state index in [1.54, 1.807) is 42.6 Å². The largest absolute Gasteiger partial charge is 0.433 e. The molecule has 0 saturated carbocycles. The summed E-state index contributed by atoms with van der Waals surface area (Å²) in [5, 5.41) is 3.94. The second kappa shape index (κ2) is 8.39. The van der Waals surface area contributed by atoms with Gasteiger partial charge in [-0.25, -0.2) is 13.4 Å². The number of sulfone groups is 1. The Kier molecular flexibility index (Phi) is 5.75. The standard InChI is InChI=1S/C22H20F2N4O4S/c1-14-25-19(13-28(14)12-15-4-10-18(11-5-15)33(3,29)30)21-26-20(27-32-21)16-6-8-17(9-7-16)31-22(2,23)24/h4-11,13H,12H2,1-3H3. The number of rotatable bonds is 7. The van der Waals surface area contributed by atoms with Crippen LogP contribution in [0.15, 0.2) is 64.1 Å². The molecule has 8 nitrogen and oxygen atoms in total. The van der Waals surface area contributed by atoms with E-state index in [0.717, 1.165) is 5.56 Å². The van der Waals surface area contributed by atoms with Crippen LogP contribution in [-0.2, 0) is 16.4 Å². The summed E-state index contributed by atoms with van der Waals surface area (Å²) in [5.41, 5.74) is 1.95. The number of nitrogens with zero attached hydrogens (tertiary/aromatic N) is 4. The van der Waals surface area contributed by atoms with Gasteiger partial charge in [0.1, 0.15) is 17.3 Å². The van der Waals surface area contributed by atoms with E-state index in [9.17, 15) is 17.2 Å². The van der Waals surface area contributed by atoms with Gasteiger partial charge in [-0.2, -0.15) is 13.8 Å². The number of ether oxygens (including phenoxy) is 1. The Balaban J connectivity index is 1.51. The highest BCUT2D eigenvalue weighted by Gasteiger charge is 2.23. The lowest BCUT2D eigenvalue weighted by atomic mass is 10.2. The molecule has 0 saturated heterocycles. The minimum Gasteiger partial charge on any atom is -0.433 e. The van der Waals surface area contributed by atoms with Gasteiger partial charge in [-0.05, 0) is 48.9 Å². The molecule has 33 heavy (non-hydrogen) atoms. The first-order valence-electron chi connectivity index (χ1n) is 9.82. The summed E-state index contributed by atoms with van der Waals surface area (Å²) in [6.45, 7) is 2.97. The SMILES string of the molecule is Cc1nc(-c2nc(-c3ccc(OC(C)(F)F)cc3)no2)cn1Cc1ccc(S(C)(=O)=O)cc1. The Bertz CT molecular complexity index is 1370. The first-order valence-corrected chi connectivity index (χ1v) is 11.7. The molecule has 0 bridgehead atoms. The third-order valence-corrected chi connectivity index (χ3v) is 5.86. The van der Waals surface area contributed by atoms with E-state index in [-0.39, 0.29) is 22.4 Å². The number of halogens is 2. The van der Waals surface area contributed by atoms with Gasteiger partial charge in [0, 0.05) is 31.5 Å². The number of aryl methyl sites for hydroxylation is 1. The minimum atomic E-state index is -3.27. The van der Waals surface area contributed by atoms with Crippen molar-refractivity contribution in [2.24, 2.45) is 0 Å². The molecule has 0 N–H and O–H groups in total. The number of benzene rings is 2. The first-order chi connectivity index (χ1) is 15.5. The fourth-order valence-corrected chi connectivity index (χ4v) is 3.76. The summed E-state index contributed by atoms with van der Waals surface area (Å²) < 4.78 is 60.9. The lowest BCUT2D eigenvalue weighted by Gasteiger charge is -2.12. The molecule has 0 aliphatic heterocycles. The average molecular weight is 474 g/mol. The van der Waals surface area contributed by atoms with Gasteiger partial charge >= 0.3 is 6.11 Å². The van der Waals surface area contributed by atoms with E-state index < -0.39 is 15.9 Å². The van der Waals surface area contributed by atoms with Crippen molar-refractivity contribution in [3.63, 3.8) is 0 Å². The molecular weight excluding hydrogens is 454 g/mol. The maximum Gasteiger partial charge on any atom is 0.394 e. The zero-order chi connectivity index (χ0) is 23.8. The predicted molar refractivity (Wildman–Crippen MR) is 116 cm³/mol. The second-order valence-electron chi connectivity index (χ2n) is 7.57. The van der Waals surface area contributed by atoms with Crippen LogP contribution in [0.2, 0.25) is 0 Å². The molecule has 2 aromatic carbocycles. The van der Waals surface area contributed by atoms with Gasteiger partial charge in [0.05, 0.1) is 4.90 Å². The van der Waals surface area contributed by atoms with E-state index >= 15 is 0 Å². The van der Waals surface area contributed by atoms with Gasteiger partial charge in [-0.15, -0.1) is 0 Å². The van der Waals surface area contributed by atoms with E-state index in [2.05, 4.69) is 19.9 Å². The van der Waals surface area contributed by atoms with Crippen molar-refractivity contribution in [2.45, 2.75) is 31.4 Å². The van der Waals surface area contributed by atoms with Crippen molar-refractivity contribution < 1.29 is 26.5 Å². The molecule has 0 radical (unpaired) electrons. The number of alkyl halides is 2. The highest BCUT2D eigenvalue weighted by atomic mass is 32.2. The molecule has 4 aromatic rings. The van der Waals surface area contributed by atoms with E-state index in [0.29, 0.717) is 30.6 Å². The first kappa shape index (κ1) is 22.6. The van der Waals surface area contributed by atoms with Gasteiger partial charge in [0.25, 0.3) is 5.89 Å². The molecule has 0 spiro atoms. The summed E-state index contributed by atoms with van der Waals surface area (Å²) >= 11 is 0. The normalized spacial score (nSPS) is 12.2. The topological polar surface area (TPSA) is 100 Å². The van der Waals surface area contributed by atoms with Gasteiger partial charge < -0.3 is 13.8 Å². The van der Waals surface area contributed by atoms with Crippen LogP contribution in [0.1, 0.15) is 18.3 Å². The maximum atomic E-state index is 13.0. The molecular formula is C22H20F2N4O4S. The fourth-order valence-electron chi connectivity index (χ4n) is 3.13. The van der Waals surface area contributed by atoms with Crippen molar-refractivity contribution in [3.8, 4) is 28.7 Å². The Labute approximate surface area is 188 Å². The summed E-state index contributed by atoms with van der Waals surface area (Å²) in [4.78, 5) is 9.07. The molecule has 2 aromatic heterocycles. The molecule has 0 atom stereocenters. The van der Waals surface area contributed by atoms with Gasteiger partial charge in [0.15, 0.2) is 9.84 Å². The van der Waals surface area contributed by atoms with Crippen LogP contribution in [0.25, 0.3) is 23.0 Å². The van der Waals surface area contributed by atoms with Crippen LogP contribution in [-0.4, -0.2) is 40.5 Å². The Hall–Kier alpha value is -3.60. The molecule has 0 unspecified atom stereocenters. The van der Waals surface area contributed by atoms with Crippen LogP contribution in [0.3, 0.4) is 0 Å². The van der Waals surface area contributed by atoms with Crippen molar-refractivity contribution in [1.29, 1.82) is 0 Å². The number of aromatic nitrogens is 4. The average Bonchev–Trinajstić information content (AvgIpc) is 3.35. The summed E-state index contributed by atoms with van der Waals surface area (Å²) in [6.07, 6.45) is -0.344. The lowest BCUT2D eigenvalue weighted by Crippen LogP contribution is -2.18. The van der Waals surface area contributed by atoms with Gasteiger partial charge in [0.2, 0.25) is 5.82 Å². The van der Waals surface area contributed by atoms with Crippen molar-refractivity contribution in [3.05, 3.63) is 66.1 Å². The molecule has 0 aliphatic rings. The minimum absolute atomic E-state index is 0.0221. The van der Waals surface area contributed by atoms with Crippen LogP contribution in [0.4, 0.5) is 8.78 Å². The monoisotopic (exact) mass is 474 g/mol. The molecule has 0 aliphatic carbocycles. The van der Waals surface area contributed by atoms with E-state index in [1.807, 2.05) is 11.5 Å². The molecule has 2 heterocycles. The predicted octanol–water partition coefficient (Wildman–Crippen LogP) is 4.35. The van der Waals surface area contributed by atoms with E-state index in [1.165, 1.54) is 18.4 Å². The zero-order valence-electron chi connectivity index (χ0n) is 18.0. The third kappa shape index (κ3) is 5.43. The molecule has 0 fully saturated rings. The van der Waals surface area contributed by atoms with Gasteiger partial charge in [-0.3, -0.25) is 0 Å².